The highest BCUT2D eigenvalue weighted by Crippen LogP contribution is 2.33. The van der Waals surface area contributed by atoms with Gasteiger partial charge in [0, 0.05) is 91.2 Å². The summed E-state index contributed by atoms with van der Waals surface area (Å²) in [6, 6.07) is 36.0. The van der Waals surface area contributed by atoms with E-state index in [1.807, 2.05) is 60.7 Å². The standard InChI is InChI=1S/C45H48ClN9O4S2/c46-35-14-12-33(13-15-35)40-11-5-4-8-34(40)30-52-24-26-53(27-25-52)37-16-18-41-43(28-37)47-32-48-45(41)51-61(58,59)39-17-19-42(44(29-39)55(56)57)50-36(20-21-49-54-22-6-7-23-54)31-60-38-9-2-1-3-10-38/h1-5,8-19,28-29,32,36,49-50H,6-7,20-27,30-31H2,(H,47,48,51)/t36-/m1/s1. The van der Waals surface area contributed by atoms with Gasteiger partial charge < -0.3 is 10.2 Å². The number of hydrogen-bond donors (Lipinski definition) is 3. The minimum atomic E-state index is -4.28. The van der Waals surface area contributed by atoms with E-state index in [0.717, 1.165) is 80.9 Å². The van der Waals surface area contributed by atoms with Crippen molar-refractivity contribution in [1.29, 1.82) is 0 Å². The molecule has 0 aliphatic carbocycles. The maximum Gasteiger partial charge on any atom is 0.293 e. The molecule has 3 N–H and O–H groups in total. The number of thioether (sulfide) groups is 1. The number of nitro groups is 1. The second-order valence-electron chi connectivity index (χ2n) is 15.2. The molecule has 0 saturated carbocycles. The molecular weight excluding hydrogens is 830 g/mol. The maximum atomic E-state index is 13.8. The Labute approximate surface area is 365 Å². The topological polar surface area (TPSA) is 149 Å². The summed E-state index contributed by atoms with van der Waals surface area (Å²) < 4.78 is 30.2. The van der Waals surface area contributed by atoms with E-state index in [9.17, 15) is 18.5 Å². The Kier molecular flexibility index (Phi) is 13.6. The number of aromatic nitrogens is 2. The molecule has 13 nitrogen and oxygen atoms in total. The number of nitrogens with one attached hydrogen (secondary N) is 3. The van der Waals surface area contributed by atoms with E-state index in [4.69, 9.17) is 11.6 Å². The van der Waals surface area contributed by atoms with Gasteiger partial charge in [0.05, 0.1) is 15.3 Å². The predicted molar refractivity (Wildman–Crippen MR) is 246 cm³/mol. The van der Waals surface area contributed by atoms with E-state index in [0.29, 0.717) is 34.6 Å². The Hall–Kier alpha value is -5.29. The van der Waals surface area contributed by atoms with Crippen LogP contribution in [-0.2, 0) is 16.6 Å². The molecule has 2 fully saturated rings. The zero-order chi connectivity index (χ0) is 42.2. The Morgan fingerprint density at radius 1 is 0.836 bits per heavy atom. The first-order chi connectivity index (χ1) is 29.7. The van der Waals surface area contributed by atoms with Crippen LogP contribution in [0.15, 0.2) is 131 Å². The third kappa shape index (κ3) is 10.8. The van der Waals surface area contributed by atoms with Crippen molar-refractivity contribution in [3.05, 3.63) is 142 Å². The van der Waals surface area contributed by atoms with Crippen molar-refractivity contribution in [1.82, 2.24) is 25.3 Å². The van der Waals surface area contributed by atoms with Crippen molar-refractivity contribution in [2.75, 3.05) is 66.5 Å². The predicted octanol–water partition coefficient (Wildman–Crippen LogP) is 8.54. The largest absolute Gasteiger partial charge is 0.376 e. The van der Waals surface area contributed by atoms with Gasteiger partial charge in [0.1, 0.15) is 12.0 Å². The van der Waals surface area contributed by atoms with Crippen LogP contribution in [0.2, 0.25) is 5.02 Å². The molecule has 0 amide bonds. The molecule has 5 aromatic carbocycles. The van der Waals surface area contributed by atoms with Crippen molar-refractivity contribution >= 4 is 67.2 Å². The highest BCUT2D eigenvalue weighted by molar-refractivity contribution is 7.99. The summed E-state index contributed by atoms with van der Waals surface area (Å²) in [6.07, 6.45) is 4.34. The van der Waals surface area contributed by atoms with Crippen LogP contribution in [0, 0.1) is 10.1 Å². The van der Waals surface area contributed by atoms with Crippen molar-refractivity contribution in [3.63, 3.8) is 0 Å². The van der Waals surface area contributed by atoms with Crippen LogP contribution in [0.4, 0.5) is 22.9 Å². The second-order valence-corrected chi connectivity index (χ2v) is 18.5. The fraction of sp³-hybridized carbons (Fsp3) is 0.289. The van der Waals surface area contributed by atoms with Gasteiger partial charge in [-0.05, 0) is 90.6 Å². The maximum absolute atomic E-state index is 13.8. The lowest BCUT2D eigenvalue weighted by molar-refractivity contribution is -0.384. The monoisotopic (exact) mass is 877 g/mol. The van der Waals surface area contributed by atoms with Gasteiger partial charge >= 0.3 is 0 Å². The van der Waals surface area contributed by atoms with Crippen molar-refractivity contribution in [2.45, 2.75) is 41.6 Å². The Balaban J connectivity index is 0.929. The summed E-state index contributed by atoms with van der Waals surface area (Å²) in [6.45, 7) is 6.88. The Morgan fingerprint density at radius 2 is 1.59 bits per heavy atom. The van der Waals surface area contributed by atoms with Gasteiger partial charge in [-0.3, -0.25) is 25.2 Å². The first kappa shape index (κ1) is 42.4. The third-order valence-corrected chi connectivity index (χ3v) is 13.9. The summed E-state index contributed by atoms with van der Waals surface area (Å²) in [7, 11) is -4.28. The van der Waals surface area contributed by atoms with Gasteiger partial charge in [-0.25, -0.2) is 23.4 Å². The number of nitrogens with zero attached hydrogens (tertiary/aromatic N) is 6. The quantitative estimate of drug-likeness (QED) is 0.0458. The number of fused-ring (bicyclic) bond motifs is 1. The van der Waals surface area contributed by atoms with E-state index >= 15 is 0 Å². The summed E-state index contributed by atoms with van der Waals surface area (Å²) in [5.74, 6) is 0.749. The van der Waals surface area contributed by atoms with Gasteiger partial charge in [-0.2, -0.15) is 0 Å². The number of benzene rings is 5. The zero-order valence-corrected chi connectivity index (χ0v) is 36.0. The van der Waals surface area contributed by atoms with Crippen LogP contribution in [0.1, 0.15) is 24.8 Å². The molecule has 61 heavy (non-hydrogen) atoms. The van der Waals surface area contributed by atoms with Crippen molar-refractivity contribution < 1.29 is 13.3 Å². The minimum absolute atomic E-state index is 0.0917. The SMILES string of the molecule is O=[N+]([O-])c1cc(S(=O)(=O)Nc2ncnc3cc(N4CCN(Cc5ccccc5-c5ccc(Cl)cc5)CC4)ccc23)ccc1N[C@H](CCNN1CCCC1)CSc1ccccc1. The van der Waals surface area contributed by atoms with Crippen molar-refractivity contribution in [3.8, 4) is 11.1 Å². The third-order valence-electron chi connectivity index (χ3n) is 11.1. The smallest absolute Gasteiger partial charge is 0.293 e. The normalized spacial score (nSPS) is 15.5. The number of hydrazine groups is 1. The number of nitro benzene ring substituents is 1. The van der Waals surface area contributed by atoms with Crippen LogP contribution >= 0.6 is 23.4 Å². The van der Waals surface area contributed by atoms with Gasteiger partial charge in [0.2, 0.25) is 0 Å². The Bertz CT molecular complexity index is 2560. The van der Waals surface area contributed by atoms with Crippen LogP contribution in [0.5, 0.6) is 0 Å². The number of rotatable bonds is 17. The highest BCUT2D eigenvalue weighted by Gasteiger charge is 2.25. The van der Waals surface area contributed by atoms with Crippen LogP contribution < -0.4 is 20.4 Å². The average Bonchev–Trinajstić information content (AvgIpc) is 3.80. The Morgan fingerprint density at radius 3 is 2.36 bits per heavy atom. The first-order valence-electron chi connectivity index (χ1n) is 20.5. The second kappa shape index (κ2) is 19.6. The molecule has 0 spiro atoms. The molecule has 2 saturated heterocycles. The lowest BCUT2D eigenvalue weighted by atomic mass is 9.99. The fourth-order valence-corrected chi connectivity index (χ4v) is 10.0. The molecule has 8 rings (SSSR count). The number of piperazine rings is 1. The molecule has 0 bridgehead atoms. The van der Waals surface area contributed by atoms with Crippen LogP contribution in [0.25, 0.3) is 22.0 Å². The molecule has 0 radical (unpaired) electrons. The molecule has 1 atom stereocenters. The molecule has 2 aliphatic heterocycles. The van der Waals surface area contributed by atoms with Crippen LogP contribution in [-0.4, -0.2) is 90.8 Å². The molecule has 2 aliphatic rings. The number of sulfonamides is 1. The highest BCUT2D eigenvalue weighted by atomic mass is 35.5. The minimum Gasteiger partial charge on any atom is -0.376 e. The first-order valence-corrected chi connectivity index (χ1v) is 23.3. The van der Waals surface area contributed by atoms with E-state index < -0.39 is 14.9 Å². The molecule has 0 unspecified atom stereocenters. The summed E-state index contributed by atoms with van der Waals surface area (Å²) >= 11 is 7.81. The lowest BCUT2D eigenvalue weighted by Gasteiger charge is -2.36. The number of hydrogen-bond acceptors (Lipinski definition) is 12. The average molecular weight is 879 g/mol. The summed E-state index contributed by atoms with van der Waals surface area (Å²) in [4.78, 5) is 26.2. The number of halogens is 1. The molecule has 3 heterocycles. The molecule has 316 valence electrons. The van der Waals surface area contributed by atoms with Gasteiger partial charge in [0.25, 0.3) is 15.7 Å². The van der Waals surface area contributed by atoms with E-state index in [-0.39, 0.29) is 28.1 Å². The van der Waals surface area contributed by atoms with Gasteiger partial charge in [-0.15, -0.1) is 11.8 Å². The van der Waals surface area contributed by atoms with Gasteiger partial charge in [-0.1, -0.05) is 66.2 Å². The van der Waals surface area contributed by atoms with Crippen LogP contribution in [0.3, 0.4) is 0 Å². The summed E-state index contributed by atoms with van der Waals surface area (Å²) in [5, 5.41) is 19.2. The van der Waals surface area contributed by atoms with Gasteiger partial charge in [0.15, 0.2) is 5.82 Å². The molecular formula is C45H48ClN9O4S2. The zero-order valence-electron chi connectivity index (χ0n) is 33.6. The van der Waals surface area contributed by atoms with E-state index in [1.54, 1.807) is 11.8 Å². The number of anilines is 3. The van der Waals surface area contributed by atoms with E-state index in [1.165, 1.54) is 29.6 Å². The summed E-state index contributed by atoms with van der Waals surface area (Å²) in [5.41, 5.74) is 8.56. The van der Waals surface area contributed by atoms with E-state index in [2.05, 4.69) is 76.6 Å². The fourth-order valence-electron chi connectivity index (χ4n) is 7.84. The molecule has 6 aromatic rings. The van der Waals surface area contributed by atoms with Crippen molar-refractivity contribution in [2.24, 2.45) is 0 Å². The lowest BCUT2D eigenvalue weighted by Crippen LogP contribution is -2.46. The molecule has 1 aromatic heterocycles. The molecule has 16 heteroatoms.